The van der Waals surface area contributed by atoms with Crippen molar-refractivity contribution in [3.05, 3.63) is 0 Å². The first-order valence-electron chi connectivity index (χ1n) is 7.28. The molecule has 2 N–H and O–H groups in total. The Hall–Kier alpha value is -1.22. The zero-order valence-corrected chi connectivity index (χ0v) is 16.4. The SMILES string of the molecule is CC(=O)CC(C(=O)O)C(C)(C)SSC(C)(C)C(NC(C)=O)OC=O. The van der Waals surface area contributed by atoms with Gasteiger partial charge in [0.25, 0.3) is 6.47 Å². The molecule has 0 aliphatic heterocycles. The molecular formula is C15H25NO6S2. The summed E-state index contributed by atoms with van der Waals surface area (Å²) in [6.07, 6.45) is -0.923. The highest BCUT2D eigenvalue weighted by atomic mass is 33.1. The highest BCUT2D eigenvalue weighted by Crippen LogP contribution is 2.48. The largest absolute Gasteiger partial charge is 0.481 e. The summed E-state index contributed by atoms with van der Waals surface area (Å²) in [7, 11) is 2.57. The molecule has 0 fully saturated rings. The van der Waals surface area contributed by atoms with Crippen LogP contribution in [-0.2, 0) is 23.9 Å². The second kappa shape index (κ2) is 9.31. The van der Waals surface area contributed by atoms with Crippen LogP contribution in [0.4, 0.5) is 0 Å². The van der Waals surface area contributed by atoms with Gasteiger partial charge in [-0.15, -0.1) is 0 Å². The van der Waals surface area contributed by atoms with Gasteiger partial charge in [0.05, 0.1) is 10.7 Å². The van der Waals surface area contributed by atoms with Crippen LogP contribution in [0, 0.1) is 5.92 Å². The number of carboxylic acid groups (broad SMARTS) is 1. The quantitative estimate of drug-likeness (QED) is 0.319. The summed E-state index contributed by atoms with van der Waals surface area (Å²) in [5.41, 5.74) is 0. The number of carboxylic acids is 1. The Morgan fingerprint density at radius 1 is 1.12 bits per heavy atom. The third-order valence-electron chi connectivity index (χ3n) is 3.26. The fourth-order valence-corrected chi connectivity index (χ4v) is 4.68. The van der Waals surface area contributed by atoms with Gasteiger partial charge in [-0.2, -0.15) is 0 Å². The number of hydrogen-bond donors (Lipinski definition) is 2. The maximum absolute atomic E-state index is 11.5. The molecule has 1 amide bonds. The number of hydrogen-bond acceptors (Lipinski definition) is 7. The van der Waals surface area contributed by atoms with Crippen molar-refractivity contribution >= 4 is 45.7 Å². The first-order valence-corrected chi connectivity index (χ1v) is 9.43. The lowest BCUT2D eigenvalue weighted by Gasteiger charge is -2.36. The first kappa shape index (κ1) is 22.8. The van der Waals surface area contributed by atoms with E-state index in [1.807, 2.05) is 0 Å². The lowest BCUT2D eigenvalue weighted by molar-refractivity contribution is -0.144. The number of nitrogens with one attached hydrogen (secondary N) is 1. The summed E-state index contributed by atoms with van der Waals surface area (Å²) >= 11 is 0. The number of ether oxygens (including phenoxy) is 1. The van der Waals surface area contributed by atoms with E-state index in [0.717, 1.165) is 0 Å². The van der Waals surface area contributed by atoms with Crippen LogP contribution in [0.25, 0.3) is 0 Å². The van der Waals surface area contributed by atoms with E-state index < -0.39 is 27.6 Å². The maximum atomic E-state index is 11.5. The molecule has 7 nitrogen and oxygen atoms in total. The minimum absolute atomic E-state index is 0.0592. The fraction of sp³-hybridized carbons (Fsp3) is 0.733. The second-order valence-corrected chi connectivity index (χ2v) is 9.92. The van der Waals surface area contributed by atoms with E-state index in [-0.39, 0.29) is 24.6 Å². The highest BCUT2D eigenvalue weighted by Gasteiger charge is 2.41. The molecule has 0 aromatic rings. The lowest BCUT2D eigenvalue weighted by Crippen LogP contribution is -2.48. The molecule has 0 aromatic heterocycles. The summed E-state index contributed by atoms with van der Waals surface area (Å²) < 4.78 is 3.48. The average molecular weight is 380 g/mol. The van der Waals surface area contributed by atoms with Gasteiger partial charge in [-0.1, -0.05) is 21.6 Å². The summed E-state index contributed by atoms with van der Waals surface area (Å²) in [6.45, 7) is 9.96. The molecule has 0 aliphatic rings. The van der Waals surface area contributed by atoms with E-state index in [1.165, 1.54) is 35.4 Å². The van der Waals surface area contributed by atoms with Crippen LogP contribution in [0.3, 0.4) is 0 Å². The molecule has 138 valence electrons. The molecule has 2 unspecified atom stereocenters. The Balaban J connectivity index is 5.14. The molecule has 0 saturated heterocycles. The topological polar surface area (TPSA) is 110 Å². The molecule has 0 bridgehead atoms. The molecule has 0 rings (SSSR count). The van der Waals surface area contributed by atoms with Gasteiger partial charge in [-0.3, -0.25) is 14.4 Å². The Labute approximate surface area is 150 Å². The zero-order valence-electron chi connectivity index (χ0n) is 14.7. The third-order valence-corrected chi connectivity index (χ3v) is 7.53. The highest BCUT2D eigenvalue weighted by molar-refractivity contribution is 8.77. The smallest absolute Gasteiger partial charge is 0.308 e. The van der Waals surface area contributed by atoms with Crippen LogP contribution < -0.4 is 5.32 Å². The van der Waals surface area contributed by atoms with Crippen molar-refractivity contribution in [2.45, 2.75) is 63.7 Å². The minimum Gasteiger partial charge on any atom is -0.481 e. The Morgan fingerprint density at radius 2 is 1.62 bits per heavy atom. The van der Waals surface area contributed by atoms with Crippen LogP contribution in [0.15, 0.2) is 0 Å². The van der Waals surface area contributed by atoms with Crippen molar-refractivity contribution in [1.82, 2.24) is 5.32 Å². The number of carbonyl (C=O) groups excluding carboxylic acids is 3. The van der Waals surface area contributed by atoms with Crippen LogP contribution >= 0.6 is 21.6 Å². The molecule has 0 saturated carbocycles. The lowest BCUT2D eigenvalue weighted by atomic mass is 9.90. The van der Waals surface area contributed by atoms with E-state index in [9.17, 15) is 24.3 Å². The number of rotatable bonds is 11. The Morgan fingerprint density at radius 3 is 2.00 bits per heavy atom. The van der Waals surface area contributed by atoms with Gasteiger partial charge in [0.2, 0.25) is 5.91 Å². The molecule has 0 aromatic carbocycles. The summed E-state index contributed by atoms with van der Waals surface area (Å²) in [4.78, 5) is 44.7. The molecule has 0 radical (unpaired) electrons. The number of Topliss-reactive ketones (excluding diaryl/α,β-unsaturated/α-hetero) is 1. The number of amides is 1. The van der Waals surface area contributed by atoms with Crippen LogP contribution in [0.2, 0.25) is 0 Å². The zero-order chi connectivity index (χ0) is 19.1. The standard InChI is InChI=1S/C15H25NO6S2/c1-9(18)7-11(12(20)21)14(3,4)23-24-15(5,6)13(22-8-17)16-10(2)19/h8,11,13H,7H2,1-6H3,(H,16,19)(H,20,21). The molecule has 24 heavy (non-hydrogen) atoms. The van der Waals surface area contributed by atoms with Gasteiger partial charge in [-0.05, 0) is 34.6 Å². The van der Waals surface area contributed by atoms with Crippen LogP contribution in [0.1, 0.15) is 48.0 Å². The monoisotopic (exact) mass is 379 g/mol. The summed E-state index contributed by atoms with van der Waals surface area (Å²) in [5.74, 6) is -2.43. The second-order valence-electron chi connectivity index (χ2n) is 6.48. The predicted octanol–water partition coefficient (Wildman–Crippen LogP) is 2.24. The Bertz CT molecular complexity index is 492. The van der Waals surface area contributed by atoms with E-state index in [0.29, 0.717) is 0 Å². The molecule has 9 heteroatoms. The number of carbonyl (C=O) groups is 4. The molecule has 0 aliphatic carbocycles. The van der Waals surface area contributed by atoms with Crippen LogP contribution in [-0.4, -0.2) is 45.0 Å². The molecule has 0 heterocycles. The molecular weight excluding hydrogens is 354 g/mol. The van der Waals surface area contributed by atoms with Gasteiger partial charge in [0.15, 0.2) is 6.23 Å². The fourth-order valence-electron chi connectivity index (χ4n) is 1.85. The van der Waals surface area contributed by atoms with Gasteiger partial charge in [0, 0.05) is 18.1 Å². The van der Waals surface area contributed by atoms with Crippen molar-refractivity contribution in [1.29, 1.82) is 0 Å². The molecule has 0 spiro atoms. The molecule has 2 atom stereocenters. The Kier molecular flexibility index (Phi) is 8.84. The van der Waals surface area contributed by atoms with E-state index in [1.54, 1.807) is 27.7 Å². The predicted molar refractivity (Wildman–Crippen MR) is 94.5 cm³/mol. The van der Waals surface area contributed by atoms with Gasteiger partial charge in [0.1, 0.15) is 5.78 Å². The third kappa shape index (κ3) is 7.57. The minimum atomic E-state index is -1.04. The number of ketones is 1. The van der Waals surface area contributed by atoms with E-state index in [2.05, 4.69) is 5.32 Å². The maximum Gasteiger partial charge on any atom is 0.308 e. The van der Waals surface area contributed by atoms with Crippen LogP contribution in [0.5, 0.6) is 0 Å². The van der Waals surface area contributed by atoms with E-state index >= 15 is 0 Å². The van der Waals surface area contributed by atoms with Crippen molar-refractivity contribution in [3.63, 3.8) is 0 Å². The summed E-state index contributed by atoms with van der Waals surface area (Å²) in [5, 5.41) is 11.9. The van der Waals surface area contributed by atoms with Gasteiger partial charge in [-0.25, -0.2) is 0 Å². The van der Waals surface area contributed by atoms with Gasteiger partial charge < -0.3 is 20.0 Å². The van der Waals surface area contributed by atoms with E-state index in [4.69, 9.17) is 4.74 Å². The van der Waals surface area contributed by atoms with Crippen molar-refractivity contribution in [3.8, 4) is 0 Å². The summed E-state index contributed by atoms with van der Waals surface area (Å²) in [6, 6.07) is 0. The normalized spacial score (nSPS) is 14.4. The average Bonchev–Trinajstić information content (AvgIpc) is 2.41. The first-order chi connectivity index (χ1) is 10.8. The van der Waals surface area contributed by atoms with Crippen molar-refractivity contribution < 1.29 is 29.0 Å². The van der Waals surface area contributed by atoms with Crippen molar-refractivity contribution in [2.24, 2.45) is 5.92 Å². The number of aliphatic carboxylic acids is 1. The van der Waals surface area contributed by atoms with Gasteiger partial charge >= 0.3 is 5.97 Å². The van der Waals surface area contributed by atoms with Crippen molar-refractivity contribution in [2.75, 3.05) is 0 Å².